The van der Waals surface area contributed by atoms with Crippen LogP contribution in [0.2, 0.25) is 0 Å². The molecule has 1 fully saturated rings. The highest BCUT2D eigenvalue weighted by atomic mass is 19.4. The maximum atomic E-state index is 12.6. The predicted molar refractivity (Wildman–Crippen MR) is 144 cm³/mol. The minimum Gasteiger partial charge on any atom is -0.507 e. The average molecular weight is 524 g/mol. The van der Waals surface area contributed by atoms with Gasteiger partial charge < -0.3 is 19.7 Å². The number of anilines is 2. The van der Waals surface area contributed by atoms with Crippen molar-refractivity contribution in [2.75, 3.05) is 5.32 Å². The smallest absolute Gasteiger partial charge is 0.507 e. The van der Waals surface area contributed by atoms with Crippen LogP contribution in [0, 0.1) is 25.7 Å². The third-order valence-electron chi connectivity index (χ3n) is 7.38. The van der Waals surface area contributed by atoms with Gasteiger partial charge in [0.2, 0.25) is 5.95 Å². The Morgan fingerprint density at radius 2 is 1.53 bits per heavy atom. The SMILES string of the molecule is Cc1cc(-c2ccc3c(c2)nc(Nc2ccc(OC(F)(F)F)cc2)n3C2CC(C)CC(C)C2)cc(C)c1O. The van der Waals surface area contributed by atoms with Gasteiger partial charge in [-0.2, -0.15) is 0 Å². The van der Waals surface area contributed by atoms with Crippen LogP contribution in [-0.4, -0.2) is 21.0 Å². The topological polar surface area (TPSA) is 59.3 Å². The summed E-state index contributed by atoms with van der Waals surface area (Å²) in [6.45, 7) is 8.33. The number of imidazole rings is 1. The fourth-order valence-corrected chi connectivity index (χ4v) is 5.84. The largest absolute Gasteiger partial charge is 0.573 e. The molecule has 2 unspecified atom stereocenters. The molecule has 38 heavy (non-hydrogen) atoms. The second-order valence-corrected chi connectivity index (χ2v) is 10.7. The number of rotatable bonds is 5. The molecule has 0 aliphatic heterocycles. The molecule has 200 valence electrons. The molecule has 8 heteroatoms. The second-order valence-electron chi connectivity index (χ2n) is 10.7. The number of fused-ring (bicyclic) bond motifs is 1. The number of hydrogen-bond acceptors (Lipinski definition) is 4. The number of aromatic nitrogens is 2. The van der Waals surface area contributed by atoms with Crippen molar-refractivity contribution >= 4 is 22.7 Å². The van der Waals surface area contributed by atoms with Crippen LogP contribution in [0.1, 0.15) is 50.3 Å². The number of benzene rings is 3. The molecule has 1 aliphatic rings. The third-order valence-corrected chi connectivity index (χ3v) is 7.38. The van der Waals surface area contributed by atoms with Gasteiger partial charge in [-0.25, -0.2) is 4.98 Å². The summed E-state index contributed by atoms with van der Waals surface area (Å²) in [4.78, 5) is 4.95. The van der Waals surface area contributed by atoms with E-state index >= 15 is 0 Å². The lowest BCUT2D eigenvalue weighted by Gasteiger charge is -2.33. The third kappa shape index (κ3) is 5.44. The van der Waals surface area contributed by atoms with Crippen molar-refractivity contribution < 1.29 is 23.0 Å². The molecule has 5 nitrogen and oxygen atoms in total. The Bertz CT molecular complexity index is 1430. The van der Waals surface area contributed by atoms with E-state index < -0.39 is 6.36 Å². The lowest BCUT2D eigenvalue weighted by Crippen LogP contribution is -2.23. The highest BCUT2D eigenvalue weighted by molar-refractivity contribution is 5.85. The maximum absolute atomic E-state index is 12.6. The van der Waals surface area contributed by atoms with Crippen LogP contribution in [0.15, 0.2) is 54.6 Å². The summed E-state index contributed by atoms with van der Waals surface area (Å²) in [6.07, 6.45) is -1.48. The van der Waals surface area contributed by atoms with Crippen LogP contribution in [0.4, 0.5) is 24.8 Å². The molecule has 2 atom stereocenters. The van der Waals surface area contributed by atoms with Gasteiger partial charge in [-0.1, -0.05) is 19.9 Å². The molecule has 0 bridgehead atoms. The highest BCUT2D eigenvalue weighted by Gasteiger charge is 2.31. The Morgan fingerprint density at radius 3 is 2.13 bits per heavy atom. The molecule has 2 N–H and O–H groups in total. The lowest BCUT2D eigenvalue weighted by molar-refractivity contribution is -0.274. The quantitative estimate of drug-likeness (QED) is 0.275. The van der Waals surface area contributed by atoms with Crippen LogP contribution in [0.25, 0.3) is 22.2 Å². The zero-order valence-electron chi connectivity index (χ0n) is 21.9. The Kier molecular flexibility index (Phi) is 6.75. The van der Waals surface area contributed by atoms with Crippen LogP contribution in [0.3, 0.4) is 0 Å². The maximum Gasteiger partial charge on any atom is 0.573 e. The number of halogens is 3. The van der Waals surface area contributed by atoms with Gasteiger partial charge in [0.1, 0.15) is 11.5 Å². The molecule has 5 rings (SSSR count). The summed E-state index contributed by atoms with van der Waals surface area (Å²) in [5.41, 5.74) is 6.09. The predicted octanol–water partition coefficient (Wildman–Crippen LogP) is 8.67. The van der Waals surface area contributed by atoms with Gasteiger partial charge in [0.05, 0.1) is 11.0 Å². The van der Waals surface area contributed by atoms with E-state index in [9.17, 15) is 18.3 Å². The van der Waals surface area contributed by atoms with Crippen molar-refractivity contribution in [1.29, 1.82) is 0 Å². The molecule has 1 saturated carbocycles. The zero-order chi connectivity index (χ0) is 27.2. The lowest BCUT2D eigenvalue weighted by atomic mass is 9.80. The van der Waals surface area contributed by atoms with E-state index in [1.54, 1.807) is 12.1 Å². The van der Waals surface area contributed by atoms with Crippen molar-refractivity contribution in [2.45, 2.75) is 59.4 Å². The summed E-state index contributed by atoms with van der Waals surface area (Å²) in [7, 11) is 0. The first-order valence-electron chi connectivity index (χ1n) is 12.9. The summed E-state index contributed by atoms with van der Waals surface area (Å²) < 4.78 is 44.0. The van der Waals surface area contributed by atoms with Gasteiger partial charge in [-0.3, -0.25) is 0 Å². The van der Waals surface area contributed by atoms with E-state index in [-0.39, 0.29) is 11.8 Å². The summed E-state index contributed by atoms with van der Waals surface area (Å²) >= 11 is 0. The average Bonchev–Trinajstić information content (AvgIpc) is 3.19. The minimum atomic E-state index is -4.73. The number of phenolic OH excluding ortho intramolecular Hbond substituents is 1. The number of nitrogens with one attached hydrogen (secondary N) is 1. The number of aromatic hydroxyl groups is 1. The van der Waals surface area contributed by atoms with E-state index in [0.29, 0.717) is 29.2 Å². The van der Waals surface area contributed by atoms with Crippen LogP contribution >= 0.6 is 0 Å². The standard InChI is InChI=1S/C30H32F3N3O2/c1-17-11-18(2)13-24(12-17)36-27-10-5-21(22-14-19(3)28(37)20(4)15-22)16-26(27)35-29(36)34-23-6-8-25(9-7-23)38-30(31,32)33/h5-10,14-18,24,37H,11-13H2,1-4H3,(H,34,35). The van der Waals surface area contributed by atoms with Crippen molar-refractivity contribution in [2.24, 2.45) is 11.8 Å². The first kappa shape index (κ1) is 25.9. The first-order chi connectivity index (χ1) is 18.0. The van der Waals surface area contributed by atoms with Crippen LogP contribution in [-0.2, 0) is 0 Å². The molecule has 1 aromatic heterocycles. The molecule has 0 spiro atoms. The number of aryl methyl sites for hydroxylation is 2. The van der Waals surface area contributed by atoms with Crippen LogP contribution < -0.4 is 10.1 Å². The molecule has 0 radical (unpaired) electrons. The number of nitrogens with zero attached hydrogens (tertiary/aromatic N) is 2. The minimum absolute atomic E-state index is 0.248. The fraction of sp³-hybridized carbons (Fsp3) is 0.367. The van der Waals surface area contributed by atoms with Gasteiger partial charge >= 0.3 is 6.36 Å². The van der Waals surface area contributed by atoms with E-state index in [4.69, 9.17) is 4.98 Å². The van der Waals surface area contributed by atoms with E-state index in [0.717, 1.165) is 46.1 Å². The van der Waals surface area contributed by atoms with Crippen molar-refractivity contribution in [1.82, 2.24) is 9.55 Å². The molecule has 1 heterocycles. The molecular weight excluding hydrogens is 491 g/mol. The van der Waals surface area contributed by atoms with Gasteiger partial charge in [-0.15, -0.1) is 13.2 Å². The molecule has 0 amide bonds. The van der Waals surface area contributed by atoms with Crippen molar-refractivity contribution in [3.63, 3.8) is 0 Å². The number of alkyl halides is 3. The van der Waals surface area contributed by atoms with Crippen LogP contribution in [0.5, 0.6) is 11.5 Å². The second kappa shape index (κ2) is 9.89. The summed E-state index contributed by atoms with van der Waals surface area (Å²) in [5, 5.41) is 13.5. The fourth-order valence-electron chi connectivity index (χ4n) is 5.84. The Balaban J connectivity index is 1.55. The van der Waals surface area contributed by atoms with Gasteiger partial charge in [0.15, 0.2) is 0 Å². The van der Waals surface area contributed by atoms with Crippen molar-refractivity contribution in [3.05, 3.63) is 65.7 Å². The summed E-state index contributed by atoms with van der Waals surface area (Å²) in [5.74, 6) is 1.85. The van der Waals surface area contributed by atoms with Crippen molar-refractivity contribution in [3.8, 4) is 22.6 Å². The number of phenols is 1. The molecule has 4 aromatic rings. The zero-order valence-corrected chi connectivity index (χ0v) is 21.9. The summed E-state index contributed by atoms with van der Waals surface area (Å²) in [6, 6.07) is 16.1. The Morgan fingerprint density at radius 1 is 0.895 bits per heavy atom. The van der Waals surface area contributed by atoms with Gasteiger partial charge in [0, 0.05) is 11.7 Å². The molecule has 3 aromatic carbocycles. The van der Waals surface area contributed by atoms with Gasteiger partial charge in [-0.05, 0) is 116 Å². The molecular formula is C30H32F3N3O2. The first-order valence-corrected chi connectivity index (χ1v) is 12.9. The molecule has 1 aliphatic carbocycles. The Labute approximate surface area is 220 Å². The number of hydrogen-bond donors (Lipinski definition) is 2. The normalized spacial score (nSPS) is 20.0. The monoisotopic (exact) mass is 523 g/mol. The van der Waals surface area contributed by atoms with E-state index in [1.165, 1.54) is 18.6 Å². The van der Waals surface area contributed by atoms with Gasteiger partial charge in [0.25, 0.3) is 0 Å². The Hall–Kier alpha value is -3.68. The van der Waals surface area contributed by atoms with E-state index in [2.05, 4.69) is 46.7 Å². The van der Waals surface area contributed by atoms with E-state index in [1.807, 2.05) is 26.0 Å². The highest BCUT2D eigenvalue weighted by Crippen LogP contribution is 2.41. The molecule has 0 saturated heterocycles. The number of ether oxygens (including phenoxy) is 1.